The first-order valence-electron chi connectivity index (χ1n) is 23.2. The summed E-state index contributed by atoms with van der Waals surface area (Å²) in [6.45, 7) is 12.0. The van der Waals surface area contributed by atoms with Gasteiger partial charge in [0.05, 0.1) is 26.4 Å². The molecular formula is C54H51ClF6N8O6. The third kappa shape index (κ3) is 16.5. The van der Waals surface area contributed by atoms with Crippen molar-refractivity contribution in [1.82, 2.24) is 19.9 Å². The van der Waals surface area contributed by atoms with Gasteiger partial charge in [0.1, 0.15) is 46.1 Å². The molecule has 4 N–H and O–H groups in total. The van der Waals surface area contributed by atoms with Gasteiger partial charge >= 0.3 is 12.4 Å². The van der Waals surface area contributed by atoms with Crippen molar-refractivity contribution in [2.75, 3.05) is 73.0 Å². The lowest BCUT2D eigenvalue weighted by Gasteiger charge is -2.28. The van der Waals surface area contributed by atoms with Gasteiger partial charge in [0, 0.05) is 61.1 Å². The quantitative estimate of drug-likeness (QED) is 0.0647. The van der Waals surface area contributed by atoms with Crippen molar-refractivity contribution in [3.63, 3.8) is 0 Å². The number of nitrogens with zero attached hydrogens (tertiary/aromatic N) is 6. The van der Waals surface area contributed by atoms with Crippen LogP contribution >= 0.6 is 11.6 Å². The lowest BCUT2D eigenvalue weighted by molar-refractivity contribution is -0.142. The van der Waals surface area contributed by atoms with Gasteiger partial charge in [0.2, 0.25) is 0 Å². The summed E-state index contributed by atoms with van der Waals surface area (Å²) in [4.78, 5) is 45.1. The minimum atomic E-state index is -4.65. The standard InChI is InChI=1S/C27H25F3N4O3.C23H20ClF3N4O2.C4H6O/c1-17-3-5-22(33-26(36)19-7-8-31-24(14-19)27(28,29)30)16-23(17)20-13-21(6-4-18(2)35)32-25(15-20)34-9-11-37-12-10-34;1-14-2-3-17(29-22(32)15-4-5-28-19(10-15)23(25,26)27)13-18(14)16-11-20(24)30-21(12-16)31-6-8-33-9-7-31;1-3-4(2)5/h3,5,7-8,13-16,18,35H,9-12H2,1-2H3,(H,33,36);2-5,10-13H,6-9H2,1H3,(H,29,32);1,4-5H,2H3/t18-;;4-/m0.0/s1. The fourth-order valence-corrected chi connectivity index (χ4v) is 7.55. The van der Waals surface area contributed by atoms with Crippen LogP contribution < -0.4 is 20.4 Å². The van der Waals surface area contributed by atoms with E-state index in [1.807, 2.05) is 38.1 Å². The Morgan fingerprint density at radius 2 is 1.08 bits per heavy atom. The number of hydrogen-bond acceptors (Lipinski definition) is 12. The lowest BCUT2D eigenvalue weighted by Crippen LogP contribution is -2.36. The number of ether oxygens (including phenoxy) is 2. The fraction of sp³-hybridized carbons (Fsp3) is 0.296. The SMILES string of the molecule is C#C[C@H](C)O.Cc1ccc(NC(=O)c2ccnc(C(F)(F)F)c2)cc1-c1cc(C#C[C@H](C)O)nc(N2CCOCC2)c1.Cc1ccc(NC(=O)c2ccnc(C(F)(F)F)c2)cc1-c1cc(Cl)nc(N2CCOCC2)c1. The van der Waals surface area contributed by atoms with Gasteiger partial charge in [-0.15, -0.1) is 6.42 Å². The molecule has 2 aromatic carbocycles. The maximum absolute atomic E-state index is 13.0. The number of morpholine rings is 2. The Labute approximate surface area is 434 Å². The molecule has 2 aliphatic heterocycles. The van der Waals surface area contributed by atoms with Crippen LogP contribution in [0.4, 0.5) is 49.4 Å². The summed E-state index contributed by atoms with van der Waals surface area (Å²) in [7, 11) is 0. The van der Waals surface area contributed by atoms with E-state index in [0.29, 0.717) is 80.6 Å². The summed E-state index contributed by atoms with van der Waals surface area (Å²) in [5, 5.41) is 23.4. The van der Waals surface area contributed by atoms with E-state index in [9.17, 15) is 41.0 Å². The van der Waals surface area contributed by atoms with E-state index in [4.69, 9.17) is 26.2 Å². The van der Waals surface area contributed by atoms with Crippen molar-refractivity contribution in [2.24, 2.45) is 0 Å². The number of aryl methyl sites for hydroxylation is 2. The number of terminal acetylenes is 1. The highest BCUT2D eigenvalue weighted by atomic mass is 35.5. The van der Waals surface area contributed by atoms with Crippen molar-refractivity contribution >= 4 is 46.4 Å². The van der Waals surface area contributed by atoms with E-state index in [-0.39, 0.29) is 11.1 Å². The van der Waals surface area contributed by atoms with Crippen molar-refractivity contribution in [3.05, 3.63) is 142 Å². The van der Waals surface area contributed by atoms with Gasteiger partial charge in [-0.2, -0.15) is 26.3 Å². The van der Waals surface area contributed by atoms with E-state index in [1.165, 1.54) is 12.1 Å². The molecule has 0 unspecified atom stereocenters. The fourth-order valence-electron chi connectivity index (χ4n) is 7.34. The van der Waals surface area contributed by atoms with Gasteiger partial charge in [-0.25, -0.2) is 9.97 Å². The third-order valence-electron chi connectivity index (χ3n) is 11.2. The molecule has 14 nitrogen and oxygen atoms in total. The average molecular weight is 1060 g/mol. The molecule has 4 aromatic heterocycles. The molecule has 6 aromatic rings. The van der Waals surface area contributed by atoms with Gasteiger partial charge in [-0.3, -0.25) is 19.6 Å². The van der Waals surface area contributed by atoms with Crippen molar-refractivity contribution < 1.29 is 55.6 Å². The molecule has 75 heavy (non-hydrogen) atoms. The number of pyridine rings is 4. The van der Waals surface area contributed by atoms with Gasteiger partial charge in [0.25, 0.3) is 11.8 Å². The summed E-state index contributed by atoms with van der Waals surface area (Å²) < 4.78 is 88.6. The van der Waals surface area contributed by atoms with Gasteiger partial charge in [-0.1, -0.05) is 35.6 Å². The second kappa shape index (κ2) is 25.6. The summed E-state index contributed by atoms with van der Waals surface area (Å²) in [5.41, 5.74) is 3.84. The van der Waals surface area contributed by atoms with Crippen LogP contribution in [0.1, 0.15) is 62.8 Å². The van der Waals surface area contributed by atoms with Crippen LogP contribution in [0.3, 0.4) is 0 Å². The van der Waals surface area contributed by atoms with Crippen molar-refractivity contribution in [1.29, 1.82) is 0 Å². The normalized spacial score (nSPS) is 14.3. The molecular weight excluding hydrogens is 1010 g/mol. The highest BCUT2D eigenvalue weighted by molar-refractivity contribution is 6.29. The number of aliphatic hydroxyl groups excluding tert-OH is 2. The first-order chi connectivity index (χ1) is 35.6. The van der Waals surface area contributed by atoms with Gasteiger partial charge < -0.3 is 40.1 Å². The van der Waals surface area contributed by atoms with Gasteiger partial charge in [-0.05, 0) is 140 Å². The van der Waals surface area contributed by atoms with E-state index in [1.54, 1.807) is 50.2 Å². The number of carbonyl (C=O) groups excluding carboxylic acids is 2. The Hall–Kier alpha value is -7.59. The van der Waals surface area contributed by atoms with E-state index in [0.717, 1.165) is 63.7 Å². The summed E-state index contributed by atoms with van der Waals surface area (Å²) in [6.07, 6.45) is -4.10. The molecule has 0 spiro atoms. The number of rotatable bonds is 8. The number of benzene rings is 2. The second-order valence-corrected chi connectivity index (χ2v) is 17.3. The Kier molecular flexibility index (Phi) is 19.3. The van der Waals surface area contributed by atoms with Crippen LogP contribution in [0.15, 0.2) is 97.3 Å². The lowest BCUT2D eigenvalue weighted by atomic mass is 9.99. The smallest absolute Gasteiger partial charge is 0.381 e. The highest BCUT2D eigenvalue weighted by Gasteiger charge is 2.34. The minimum Gasteiger partial charge on any atom is -0.381 e. The number of nitrogens with one attached hydrogen (secondary N) is 2. The zero-order valence-corrected chi connectivity index (χ0v) is 41.7. The van der Waals surface area contributed by atoms with Crippen molar-refractivity contribution in [2.45, 2.75) is 52.3 Å². The zero-order valence-electron chi connectivity index (χ0n) is 41.0. The number of alkyl halides is 6. The summed E-state index contributed by atoms with van der Waals surface area (Å²) >= 11 is 6.29. The Morgan fingerprint density at radius 1 is 0.653 bits per heavy atom. The first kappa shape index (κ1) is 56.7. The average Bonchev–Trinajstić information content (AvgIpc) is 3.39. The van der Waals surface area contributed by atoms with Crippen LogP contribution in [-0.4, -0.2) is 107 Å². The van der Waals surface area contributed by atoms with Gasteiger partial charge in [0.15, 0.2) is 0 Å². The predicted octanol–water partition coefficient (Wildman–Crippen LogP) is 9.51. The molecule has 6 heterocycles. The molecule has 0 bridgehead atoms. The zero-order chi connectivity index (χ0) is 54.5. The van der Waals surface area contributed by atoms with Crippen LogP contribution in [-0.2, 0) is 21.8 Å². The largest absolute Gasteiger partial charge is 0.433 e. The Morgan fingerprint density at radius 3 is 1.49 bits per heavy atom. The maximum atomic E-state index is 13.0. The number of carbonyl (C=O) groups is 2. The molecule has 0 aliphatic carbocycles. The van der Waals surface area contributed by atoms with Crippen LogP contribution in [0.2, 0.25) is 5.15 Å². The molecule has 2 atom stereocenters. The monoisotopic (exact) mass is 1060 g/mol. The highest BCUT2D eigenvalue weighted by Crippen LogP contribution is 2.34. The van der Waals surface area contributed by atoms with Crippen LogP contribution in [0.5, 0.6) is 0 Å². The molecule has 392 valence electrons. The predicted molar refractivity (Wildman–Crippen MR) is 273 cm³/mol. The molecule has 2 amide bonds. The van der Waals surface area contributed by atoms with Crippen LogP contribution in [0, 0.1) is 38.0 Å². The number of aromatic nitrogens is 4. The number of aliphatic hydroxyl groups is 2. The Bertz CT molecular complexity index is 3090. The molecule has 0 saturated carbocycles. The molecule has 2 saturated heterocycles. The topological polar surface area (TPSA) is 175 Å². The second-order valence-electron chi connectivity index (χ2n) is 16.9. The number of anilines is 4. The minimum absolute atomic E-state index is 0.138. The maximum Gasteiger partial charge on any atom is 0.433 e. The van der Waals surface area contributed by atoms with Crippen LogP contribution in [0.25, 0.3) is 22.3 Å². The number of hydrogen-bond donors (Lipinski definition) is 4. The molecule has 2 aliphatic rings. The molecule has 8 rings (SSSR count). The first-order valence-corrected chi connectivity index (χ1v) is 23.6. The molecule has 2 fully saturated rings. The summed E-state index contributed by atoms with van der Waals surface area (Å²) in [5.74, 6) is 7.78. The third-order valence-corrected chi connectivity index (χ3v) is 11.3. The summed E-state index contributed by atoms with van der Waals surface area (Å²) in [6, 6.07) is 21.8. The number of halogens is 7. The van der Waals surface area contributed by atoms with E-state index < -0.39 is 47.8 Å². The number of amides is 2. The molecule has 21 heteroatoms. The van der Waals surface area contributed by atoms with E-state index in [2.05, 4.69) is 64.6 Å². The van der Waals surface area contributed by atoms with Crippen molar-refractivity contribution in [3.8, 4) is 46.4 Å². The Balaban J connectivity index is 0.000000225. The van der Waals surface area contributed by atoms with E-state index >= 15 is 0 Å². The molecule has 0 radical (unpaired) electrons.